The topological polar surface area (TPSA) is 115 Å². The highest BCUT2D eigenvalue weighted by Gasteiger charge is 2.31. The molecule has 0 spiro atoms. The van der Waals surface area contributed by atoms with Gasteiger partial charge in [-0.2, -0.15) is 13.8 Å². The van der Waals surface area contributed by atoms with Gasteiger partial charge in [0.25, 0.3) is 0 Å². The first-order valence-electron chi connectivity index (χ1n) is 15.0. The van der Waals surface area contributed by atoms with Gasteiger partial charge in [0.15, 0.2) is 5.75 Å². The molecule has 248 valence electrons. The molecule has 1 fully saturated rings. The van der Waals surface area contributed by atoms with Gasteiger partial charge in [-0.15, -0.1) is 0 Å². The Bertz CT molecular complexity index is 1700. The number of hydrogen-bond donors (Lipinski definition) is 1. The second-order valence-corrected chi connectivity index (χ2v) is 11.2. The lowest BCUT2D eigenvalue weighted by molar-refractivity contribution is -0.247. The van der Waals surface area contributed by atoms with Gasteiger partial charge in [0.05, 0.1) is 25.9 Å². The van der Waals surface area contributed by atoms with Crippen LogP contribution in [-0.4, -0.2) is 75.0 Å². The maximum Gasteiger partial charge on any atom is 0.387 e. The predicted molar refractivity (Wildman–Crippen MR) is 173 cm³/mol. The monoisotopic (exact) mass is 647 g/mol. The number of halogens is 2. The lowest BCUT2D eigenvalue weighted by Gasteiger charge is -2.36. The van der Waals surface area contributed by atoms with E-state index in [1.165, 1.54) is 32.5 Å². The van der Waals surface area contributed by atoms with Gasteiger partial charge >= 0.3 is 6.61 Å². The summed E-state index contributed by atoms with van der Waals surface area (Å²) >= 11 is 0. The van der Waals surface area contributed by atoms with Crippen LogP contribution < -0.4 is 34.4 Å². The molecule has 1 atom stereocenters. The third-order valence-electron chi connectivity index (χ3n) is 8.17. The summed E-state index contributed by atoms with van der Waals surface area (Å²) in [6.07, 6.45) is -0.114. The number of aromatic nitrogens is 2. The molecule has 0 bridgehead atoms. The average Bonchev–Trinajstić information content (AvgIpc) is 3.04. The highest BCUT2D eigenvalue weighted by Crippen LogP contribution is 2.41. The van der Waals surface area contributed by atoms with E-state index in [1.54, 1.807) is 30.3 Å². The minimum Gasteiger partial charge on any atom is -0.530 e. The fourth-order valence-corrected chi connectivity index (χ4v) is 5.83. The van der Waals surface area contributed by atoms with E-state index in [4.69, 9.17) is 14.2 Å². The van der Waals surface area contributed by atoms with E-state index in [0.717, 1.165) is 29.1 Å². The molecule has 0 saturated carbocycles. The summed E-state index contributed by atoms with van der Waals surface area (Å²) in [6, 6.07) is 16.2. The van der Waals surface area contributed by atoms with E-state index in [0.29, 0.717) is 47.1 Å². The normalized spacial score (nSPS) is 14.1. The number of carbonyl (C=O) groups excluding carboxylic acids is 1. The zero-order chi connectivity index (χ0) is 33.7. The maximum absolute atomic E-state index is 13.4. The molecule has 1 aliphatic rings. The fourth-order valence-electron chi connectivity index (χ4n) is 5.83. The van der Waals surface area contributed by atoms with Gasteiger partial charge < -0.3 is 44.1 Å². The van der Waals surface area contributed by atoms with Gasteiger partial charge in [0.1, 0.15) is 23.4 Å². The van der Waals surface area contributed by atoms with Crippen molar-refractivity contribution in [3.63, 3.8) is 0 Å². The van der Waals surface area contributed by atoms with E-state index in [-0.39, 0.29) is 17.5 Å². The summed E-state index contributed by atoms with van der Waals surface area (Å²) < 4.78 is 43.0. The number of ether oxygens (including phenoxy) is 3. The van der Waals surface area contributed by atoms with Gasteiger partial charge in [-0.05, 0) is 74.0 Å². The highest BCUT2D eigenvalue weighted by atomic mass is 19.3. The number of carboxylic acid groups (broad SMARTS) is 1. The molecule has 0 radical (unpaired) electrons. The van der Waals surface area contributed by atoms with Crippen LogP contribution in [0.3, 0.4) is 0 Å². The van der Waals surface area contributed by atoms with Crippen LogP contribution in [0.5, 0.6) is 17.2 Å². The zero-order valence-corrected chi connectivity index (χ0v) is 26.9. The van der Waals surface area contributed by atoms with E-state index >= 15 is 0 Å². The predicted octanol–water partition coefficient (Wildman–Crippen LogP) is 5.15. The molecule has 13 heteroatoms. The van der Waals surface area contributed by atoms with Crippen LogP contribution in [0.2, 0.25) is 0 Å². The van der Waals surface area contributed by atoms with Crippen molar-refractivity contribution in [1.82, 2.24) is 14.9 Å². The number of benzene rings is 3. The zero-order valence-electron chi connectivity index (χ0n) is 26.9. The number of likely N-dealkylation sites (N-methyl/N-ethyl adjacent to an activating group) is 1. The van der Waals surface area contributed by atoms with Gasteiger partial charge in [-0.1, -0.05) is 18.2 Å². The molecule has 1 N–H and O–H groups in total. The summed E-state index contributed by atoms with van der Waals surface area (Å²) in [5.74, 6) is 0.980. The first kappa shape index (κ1) is 33.2. The molecule has 2 heterocycles. The SMILES string of the molecule is COc1ccc(OC)c(C(c2c(C)cccc2C)N(C(=O)[O-])c2ccnc(Nc3ccc(N4CCN(C)CC4)c(OC(F)F)c3)n2)c1. The first-order chi connectivity index (χ1) is 22.6. The van der Waals surface area contributed by atoms with Crippen LogP contribution in [0.25, 0.3) is 0 Å². The Morgan fingerprint density at radius 1 is 0.957 bits per heavy atom. The molecule has 47 heavy (non-hydrogen) atoms. The van der Waals surface area contributed by atoms with Crippen molar-refractivity contribution < 1.29 is 32.9 Å². The number of nitrogens with zero attached hydrogens (tertiary/aromatic N) is 5. The number of methoxy groups -OCH3 is 2. The van der Waals surface area contributed by atoms with Gasteiger partial charge in [0, 0.05) is 49.7 Å². The van der Waals surface area contributed by atoms with Crippen molar-refractivity contribution in [3.05, 3.63) is 89.1 Å². The van der Waals surface area contributed by atoms with E-state index < -0.39 is 18.7 Å². The Labute approximate surface area is 272 Å². The van der Waals surface area contributed by atoms with Gasteiger partial charge in [-0.3, -0.25) is 0 Å². The largest absolute Gasteiger partial charge is 0.530 e. The number of hydrogen-bond acceptors (Lipinski definition) is 10. The van der Waals surface area contributed by atoms with E-state index in [1.807, 2.05) is 44.0 Å². The Morgan fingerprint density at radius 2 is 1.68 bits per heavy atom. The summed E-state index contributed by atoms with van der Waals surface area (Å²) in [5, 5.41) is 16.1. The van der Waals surface area contributed by atoms with Crippen molar-refractivity contribution in [3.8, 4) is 17.2 Å². The molecule has 1 saturated heterocycles. The lowest BCUT2D eigenvalue weighted by Crippen LogP contribution is -2.45. The van der Waals surface area contributed by atoms with Crippen molar-refractivity contribution >= 4 is 29.2 Å². The molecule has 1 aliphatic heterocycles. The number of rotatable bonds is 11. The molecular weight excluding hydrogens is 610 g/mol. The molecule has 5 rings (SSSR count). The van der Waals surface area contributed by atoms with Crippen LogP contribution in [0.4, 0.5) is 36.7 Å². The number of alkyl halides is 2. The minimum atomic E-state index is -3.02. The number of carbonyl (C=O) groups is 1. The van der Waals surface area contributed by atoms with Crippen molar-refractivity contribution in [2.45, 2.75) is 26.5 Å². The van der Waals surface area contributed by atoms with Gasteiger partial charge in [-0.25, -0.2) is 4.98 Å². The van der Waals surface area contributed by atoms with Crippen LogP contribution >= 0.6 is 0 Å². The molecule has 0 aliphatic carbocycles. The Kier molecular flexibility index (Phi) is 10.2. The third-order valence-corrected chi connectivity index (χ3v) is 8.17. The number of nitrogens with one attached hydrogen (secondary N) is 1. The second kappa shape index (κ2) is 14.5. The van der Waals surface area contributed by atoms with Crippen LogP contribution in [0.1, 0.15) is 28.3 Å². The molecule has 1 aromatic heterocycles. The molecule has 3 aromatic carbocycles. The highest BCUT2D eigenvalue weighted by molar-refractivity contribution is 5.86. The standard InChI is InChI=1S/C34H38F2N6O5/c1-21-7-6-8-22(2)30(21)31(25-20-24(45-4)10-12-27(25)46-5)42(34(43)44)29-13-14-37-33(39-29)38-23-9-11-26(28(19-23)47-32(35)36)41-17-15-40(3)16-18-41/h6-14,19-20,31-32H,15-18H2,1-5H3,(H,43,44)(H,37,38,39)/p-1. The number of amides is 1. The first-order valence-corrected chi connectivity index (χ1v) is 15.0. The number of anilines is 4. The summed E-state index contributed by atoms with van der Waals surface area (Å²) in [6.45, 7) is 3.66. The molecular formula is C34H37F2N6O5-. The summed E-state index contributed by atoms with van der Waals surface area (Å²) in [5.41, 5.74) is 3.82. The van der Waals surface area contributed by atoms with Crippen molar-refractivity contribution in [1.29, 1.82) is 0 Å². The van der Waals surface area contributed by atoms with Crippen LogP contribution in [-0.2, 0) is 0 Å². The number of aryl methyl sites for hydroxylation is 2. The van der Waals surface area contributed by atoms with Crippen LogP contribution in [0, 0.1) is 13.8 Å². The Hall–Kier alpha value is -5.17. The third kappa shape index (κ3) is 7.46. The quantitative estimate of drug-likeness (QED) is 0.235. The van der Waals surface area contributed by atoms with Crippen molar-refractivity contribution in [2.24, 2.45) is 0 Å². The Balaban J connectivity index is 1.56. The molecule has 4 aromatic rings. The molecule has 11 nitrogen and oxygen atoms in total. The average molecular weight is 648 g/mol. The van der Waals surface area contributed by atoms with Gasteiger partial charge in [0.2, 0.25) is 5.95 Å². The summed E-state index contributed by atoms with van der Waals surface area (Å²) in [7, 11) is 5.03. The Morgan fingerprint density at radius 3 is 2.32 bits per heavy atom. The smallest absolute Gasteiger partial charge is 0.387 e. The van der Waals surface area contributed by atoms with E-state index in [2.05, 4.69) is 20.2 Å². The minimum absolute atomic E-state index is 0.00211. The van der Waals surface area contributed by atoms with Crippen molar-refractivity contribution in [2.75, 3.05) is 62.6 Å². The summed E-state index contributed by atoms with van der Waals surface area (Å²) in [4.78, 5) is 27.1. The van der Waals surface area contributed by atoms with E-state index in [9.17, 15) is 18.7 Å². The maximum atomic E-state index is 13.4. The second-order valence-electron chi connectivity index (χ2n) is 11.2. The molecule has 1 unspecified atom stereocenters. The fraction of sp³-hybridized carbons (Fsp3) is 0.324. The number of piperazine rings is 1. The van der Waals surface area contributed by atoms with Crippen LogP contribution in [0.15, 0.2) is 66.9 Å². The lowest BCUT2D eigenvalue weighted by atomic mass is 9.89. The molecule has 1 amide bonds.